The minimum absolute atomic E-state index is 0.0561. The van der Waals surface area contributed by atoms with Gasteiger partial charge in [0.1, 0.15) is 5.82 Å². The standard InChI is InChI=1S/C20H27N5O4S/c1-15-7-10-22-18(13-15)24-20(27)14-25(2)12-9-19(26)23-11-8-16-3-5-17(6-4-16)30(21,28)29/h3-7,10,13H,8-9,11-12,14H2,1-2H3,(H,23,26)(H2,21,28,29)(H,22,24,27). The molecule has 0 radical (unpaired) electrons. The van der Waals surface area contributed by atoms with E-state index in [0.29, 0.717) is 25.3 Å². The number of hydrogen-bond donors (Lipinski definition) is 3. The smallest absolute Gasteiger partial charge is 0.239 e. The van der Waals surface area contributed by atoms with Gasteiger partial charge in [0, 0.05) is 25.7 Å². The monoisotopic (exact) mass is 433 g/mol. The Balaban J connectivity index is 1.65. The molecule has 0 aliphatic rings. The fourth-order valence-electron chi connectivity index (χ4n) is 2.68. The predicted molar refractivity (Wildman–Crippen MR) is 114 cm³/mol. The van der Waals surface area contributed by atoms with Crippen molar-refractivity contribution in [2.75, 3.05) is 32.0 Å². The Morgan fingerprint density at radius 3 is 2.47 bits per heavy atom. The van der Waals surface area contributed by atoms with E-state index in [1.807, 2.05) is 13.0 Å². The molecule has 0 aliphatic carbocycles. The van der Waals surface area contributed by atoms with E-state index in [2.05, 4.69) is 15.6 Å². The lowest BCUT2D eigenvalue weighted by atomic mass is 10.1. The number of carbonyl (C=O) groups is 2. The first-order chi connectivity index (χ1) is 14.1. The first-order valence-electron chi connectivity index (χ1n) is 9.43. The van der Waals surface area contributed by atoms with E-state index in [9.17, 15) is 18.0 Å². The van der Waals surface area contributed by atoms with E-state index in [0.717, 1.165) is 11.1 Å². The van der Waals surface area contributed by atoms with Crippen molar-refractivity contribution in [3.05, 3.63) is 53.7 Å². The van der Waals surface area contributed by atoms with Crippen LogP contribution in [0, 0.1) is 6.92 Å². The number of hydrogen-bond acceptors (Lipinski definition) is 6. The number of primary sulfonamides is 1. The minimum Gasteiger partial charge on any atom is -0.356 e. The van der Waals surface area contributed by atoms with Crippen LogP contribution in [-0.4, -0.2) is 56.8 Å². The lowest BCUT2D eigenvalue weighted by Gasteiger charge is -2.16. The second-order valence-corrected chi connectivity index (χ2v) is 8.60. The van der Waals surface area contributed by atoms with Crippen LogP contribution in [-0.2, 0) is 26.0 Å². The van der Waals surface area contributed by atoms with E-state index in [4.69, 9.17) is 5.14 Å². The summed E-state index contributed by atoms with van der Waals surface area (Å²) >= 11 is 0. The minimum atomic E-state index is -3.70. The molecule has 1 aromatic carbocycles. The molecule has 1 heterocycles. The molecule has 9 nitrogen and oxygen atoms in total. The molecule has 10 heteroatoms. The van der Waals surface area contributed by atoms with E-state index >= 15 is 0 Å². The van der Waals surface area contributed by atoms with Crippen LogP contribution in [0.1, 0.15) is 17.5 Å². The van der Waals surface area contributed by atoms with Crippen molar-refractivity contribution in [1.29, 1.82) is 0 Å². The number of aromatic nitrogens is 1. The van der Waals surface area contributed by atoms with Crippen molar-refractivity contribution in [1.82, 2.24) is 15.2 Å². The van der Waals surface area contributed by atoms with Crippen LogP contribution >= 0.6 is 0 Å². The molecule has 0 unspecified atom stereocenters. The largest absolute Gasteiger partial charge is 0.356 e. The Kier molecular flexibility index (Phi) is 8.46. The molecular formula is C20H27N5O4S. The van der Waals surface area contributed by atoms with Crippen LogP contribution in [0.25, 0.3) is 0 Å². The molecule has 2 aromatic rings. The van der Waals surface area contributed by atoms with Gasteiger partial charge in [0.15, 0.2) is 0 Å². The number of nitrogens with two attached hydrogens (primary N) is 1. The maximum atomic E-state index is 12.1. The number of sulfonamides is 1. The zero-order valence-corrected chi connectivity index (χ0v) is 17.9. The van der Waals surface area contributed by atoms with Gasteiger partial charge in [-0.1, -0.05) is 12.1 Å². The summed E-state index contributed by atoms with van der Waals surface area (Å²) in [5.74, 6) is 0.186. The summed E-state index contributed by atoms with van der Waals surface area (Å²) in [5, 5.41) is 10.6. The van der Waals surface area contributed by atoms with Crippen molar-refractivity contribution >= 4 is 27.7 Å². The number of aryl methyl sites for hydroxylation is 1. The maximum Gasteiger partial charge on any atom is 0.239 e. The van der Waals surface area contributed by atoms with Crippen LogP contribution in [0.3, 0.4) is 0 Å². The number of rotatable bonds is 10. The maximum absolute atomic E-state index is 12.1. The Morgan fingerprint density at radius 2 is 1.83 bits per heavy atom. The highest BCUT2D eigenvalue weighted by Crippen LogP contribution is 2.09. The number of anilines is 1. The topological polar surface area (TPSA) is 134 Å². The van der Waals surface area contributed by atoms with Crippen molar-refractivity contribution in [3.63, 3.8) is 0 Å². The Hall–Kier alpha value is -2.82. The highest BCUT2D eigenvalue weighted by atomic mass is 32.2. The molecule has 0 fully saturated rings. The second kappa shape index (κ2) is 10.8. The summed E-state index contributed by atoms with van der Waals surface area (Å²) in [5.41, 5.74) is 1.90. The van der Waals surface area contributed by atoms with E-state index < -0.39 is 10.0 Å². The average Bonchev–Trinajstić information content (AvgIpc) is 2.66. The molecule has 4 N–H and O–H groups in total. The summed E-state index contributed by atoms with van der Waals surface area (Å²) in [6, 6.07) is 9.86. The second-order valence-electron chi connectivity index (χ2n) is 7.04. The molecule has 0 saturated heterocycles. The van der Waals surface area contributed by atoms with Crippen molar-refractivity contribution in [2.45, 2.75) is 24.7 Å². The van der Waals surface area contributed by atoms with Gasteiger partial charge in [0.05, 0.1) is 11.4 Å². The van der Waals surface area contributed by atoms with E-state index in [1.165, 1.54) is 12.1 Å². The third-order valence-electron chi connectivity index (χ3n) is 4.30. The quantitative estimate of drug-likeness (QED) is 0.504. The molecular weight excluding hydrogens is 406 g/mol. The van der Waals surface area contributed by atoms with Crippen LogP contribution < -0.4 is 15.8 Å². The number of nitrogens with zero attached hydrogens (tertiary/aromatic N) is 2. The van der Waals surface area contributed by atoms with Crippen LogP contribution in [0.2, 0.25) is 0 Å². The molecule has 0 saturated carbocycles. The van der Waals surface area contributed by atoms with Gasteiger partial charge in [0.2, 0.25) is 21.8 Å². The zero-order chi connectivity index (χ0) is 22.1. The normalized spacial score (nSPS) is 11.3. The summed E-state index contributed by atoms with van der Waals surface area (Å²) < 4.78 is 22.5. The van der Waals surface area contributed by atoms with Gasteiger partial charge in [-0.15, -0.1) is 0 Å². The molecule has 1 aromatic heterocycles. The van der Waals surface area contributed by atoms with Crippen molar-refractivity contribution in [3.8, 4) is 0 Å². The zero-order valence-electron chi connectivity index (χ0n) is 17.1. The molecule has 162 valence electrons. The van der Waals surface area contributed by atoms with E-state index in [-0.39, 0.29) is 29.7 Å². The molecule has 30 heavy (non-hydrogen) atoms. The predicted octanol–water partition coefficient (Wildman–Crippen LogP) is 0.657. The van der Waals surface area contributed by atoms with Gasteiger partial charge < -0.3 is 10.6 Å². The Morgan fingerprint density at radius 1 is 1.13 bits per heavy atom. The lowest BCUT2D eigenvalue weighted by Crippen LogP contribution is -2.34. The van der Waals surface area contributed by atoms with Gasteiger partial charge in [-0.3, -0.25) is 14.5 Å². The third-order valence-corrected chi connectivity index (χ3v) is 5.23. The lowest BCUT2D eigenvalue weighted by molar-refractivity contribution is -0.122. The number of benzene rings is 1. The number of amides is 2. The molecule has 0 spiro atoms. The first-order valence-corrected chi connectivity index (χ1v) is 11.0. The fraction of sp³-hybridized carbons (Fsp3) is 0.350. The summed E-state index contributed by atoms with van der Waals surface area (Å²) in [6.07, 6.45) is 2.46. The molecule has 0 aliphatic heterocycles. The number of pyridine rings is 1. The van der Waals surface area contributed by atoms with Crippen LogP contribution in [0.5, 0.6) is 0 Å². The van der Waals surface area contributed by atoms with Gasteiger partial charge in [-0.05, 0) is 55.8 Å². The van der Waals surface area contributed by atoms with Gasteiger partial charge in [-0.2, -0.15) is 0 Å². The van der Waals surface area contributed by atoms with E-state index in [1.54, 1.807) is 36.3 Å². The molecule has 2 amide bonds. The fourth-order valence-corrected chi connectivity index (χ4v) is 3.20. The summed E-state index contributed by atoms with van der Waals surface area (Å²) in [6.45, 7) is 2.93. The highest BCUT2D eigenvalue weighted by molar-refractivity contribution is 7.89. The first kappa shape index (κ1) is 23.5. The molecule has 0 bridgehead atoms. The molecule has 2 rings (SSSR count). The summed E-state index contributed by atoms with van der Waals surface area (Å²) in [4.78, 5) is 30.0. The van der Waals surface area contributed by atoms with Gasteiger partial charge >= 0.3 is 0 Å². The van der Waals surface area contributed by atoms with Gasteiger partial charge in [0.25, 0.3) is 0 Å². The third kappa shape index (κ3) is 8.27. The number of nitrogens with one attached hydrogen (secondary N) is 2. The SMILES string of the molecule is Cc1ccnc(NC(=O)CN(C)CCC(=O)NCCc2ccc(S(N)(=O)=O)cc2)c1. The van der Waals surface area contributed by atoms with Gasteiger partial charge in [-0.25, -0.2) is 18.5 Å². The Bertz CT molecular complexity index is 977. The van der Waals surface area contributed by atoms with Crippen LogP contribution in [0.15, 0.2) is 47.5 Å². The summed E-state index contributed by atoms with van der Waals surface area (Å²) in [7, 11) is -1.94. The highest BCUT2D eigenvalue weighted by Gasteiger charge is 2.10. The number of carbonyl (C=O) groups excluding carboxylic acids is 2. The molecule has 0 atom stereocenters. The Labute approximate surface area is 176 Å². The number of likely N-dealkylation sites (N-methyl/N-ethyl adjacent to an activating group) is 1. The van der Waals surface area contributed by atoms with Crippen molar-refractivity contribution < 1.29 is 18.0 Å². The average molecular weight is 434 g/mol. The van der Waals surface area contributed by atoms with Crippen LogP contribution in [0.4, 0.5) is 5.82 Å². The van der Waals surface area contributed by atoms with Crippen molar-refractivity contribution in [2.24, 2.45) is 5.14 Å².